The number of hydrogen-bond acceptors (Lipinski definition) is 4. The molecule has 1 aliphatic rings. The molecule has 0 aliphatic heterocycles. The number of amides is 1. The number of ether oxygens (including phenoxy) is 1. The molecule has 1 aromatic heterocycles. The fraction of sp³-hybridized carbons (Fsp3) is 0.722. The fourth-order valence-corrected chi connectivity index (χ4v) is 2.92. The maximum Gasteiger partial charge on any atom is 0.407 e. The van der Waals surface area contributed by atoms with E-state index in [4.69, 9.17) is 4.74 Å². The summed E-state index contributed by atoms with van der Waals surface area (Å²) in [5.74, 6) is 1.27. The standard InChI is InChI=1S/C18H32N6O2.HI/c1-5-26-18(25)22-16(15-7-8-15)12-21-17(19-4)20-9-6-10-24-14(3)11-13(2)23-24;/h11,15-16H,5-10,12H2,1-4H3,(H,22,25)(H2,19,20,21);1H. The van der Waals surface area contributed by atoms with Crippen LogP contribution >= 0.6 is 24.0 Å². The Bertz CT molecular complexity index is 615. The highest BCUT2D eigenvalue weighted by molar-refractivity contribution is 14.0. The number of nitrogens with one attached hydrogen (secondary N) is 3. The number of nitrogens with zero attached hydrogens (tertiary/aromatic N) is 3. The van der Waals surface area contributed by atoms with Crippen molar-refractivity contribution in [1.29, 1.82) is 0 Å². The third-order valence-electron chi connectivity index (χ3n) is 4.43. The van der Waals surface area contributed by atoms with Gasteiger partial charge in [0, 0.05) is 32.4 Å². The molecule has 9 heteroatoms. The van der Waals surface area contributed by atoms with Gasteiger partial charge in [0.2, 0.25) is 0 Å². The van der Waals surface area contributed by atoms with Crippen LogP contribution < -0.4 is 16.0 Å². The molecular formula is C18H33IN6O2. The topological polar surface area (TPSA) is 92.6 Å². The SMILES string of the molecule is CCOC(=O)NC(CNC(=NC)NCCCn1nc(C)cc1C)C1CC1.I. The van der Waals surface area contributed by atoms with Crippen LogP contribution in [0.5, 0.6) is 0 Å². The number of aryl methyl sites for hydroxylation is 3. The Hall–Kier alpha value is -1.52. The quantitative estimate of drug-likeness (QED) is 0.213. The molecule has 154 valence electrons. The van der Waals surface area contributed by atoms with Crippen molar-refractivity contribution in [3.8, 4) is 0 Å². The number of halogens is 1. The highest BCUT2D eigenvalue weighted by atomic mass is 127. The second-order valence-corrected chi connectivity index (χ2v) is 6.69. The van der Waals surface area contributed by atoms with Gasteiger partial charge in [-0.05, 0) is 52.0 Å². The lowest BCUT2D eigenvalue weighted by molar-refractivity contribution is 0.146. The van der Waals surface area contributed by atoms with E-state index in [0.29, 0.717) is 19.1 Å². The lowest BCUT2D eigenvalue weighted by Gasteiger charge is -2.20. The van der Waals surface area contributed by atoms with Crippen molar-refractivity contribution >= 4 is 36.0 Å². The van der Waals surface area contributed by atoms with Crippen LogP contribution in [0.2, 0.25) is 0 Å². The average Bonchev–Trinajstić information content (AvgIpc) is 3.39. The number of aliphatic imine (C=N–C) groups is 1. The smallest absolute Gasteiger partial charge is 0.407 e. The number of alkyl carbamates (subject to hydrolysis) is 1. The zero-order chi connectivity index (χ0) is 18.9. The van der Waals surface area contributed by atoms with Crippen LogP contribution in [0.4, 0.5) is 4.79 Å². The predicted octanol–water partition coefficient (Wildman–Crippen LogP) is 2.20. The summed E-state index contributed by atoms with van der Waals surface area (Å²) in [7, 11) is 1.75. The van der Waals surface area contributed by atoms with Crippen molar-refractivity contribution < 1.29 is 9.53 Å². The summed E-state index contributed by atoms with van der Waals surface area (Å²) >= 11 is 0. The van der Waals surface area contributed by atoms with Crippen molar-refractivity contribution in [2.75, 3.05) is 26.7 Å². The van der Waals surface area contributed by atoms with E-state index in [1.807, 2.05) is 18.5 Å². The summed E-state index contributed by atoms with van der Waals surface area (Å²) in [6.45, 7) is 8.59. The number of guanidine groups is 1. The molecule has 8 nitrogen and oxygen atoms in total. The van der Waals surface area contributed by atoms with E-state index in [2.05, 4.69) is 39.0 Å². The molecule has 0 spiro atoms. The minimum Gasteiger partial charge on any atom is -0.450 e. The van der Waals surface area contributed by atoms with Crippen LogP contribution in [0.15, 0.2) is 11.1 Å². The van der Waals surface area contributed by atoms with E-state index < -0.39 is 0 Å². The van der Waals surface area contributed by atoms with Gasteiger partial charge < -0.3 is 20.7 Å². The first-order valence-corrected chi connectivity index (χ1v) is 9.42. The van der Waals surface area contributed by atoms with Crippen LogP contribution in [0.1, 0.15) is 37.6 Å². The van der Waals surface area contributed by atoms with E-state index in [0.717, 1.165) is 44.0 Å². The van der Waals surface area contributed by atoms with Crippen molar-refractivity contribution in [2.24, 2.45) is 10.9 Å². The van der Waals surface area contributed by atoms with Gasteiger partial charge in [0.1, 0.15) is 0 Å². The molecule has 1 atom stereocenters. The van der Waals surface area contributed by atoms with E-state index in [1.165, 1.54) is 5.69 Å². The first-order chi connectivity index (χ1) is 12.5. The van der Waals surface area contributed by atoms with Crippen molar-refractivity contribution in [3.63, 3.8) is 0 Å². The minimum atomic E-state index is -0.348. The molecular weight excluding hydrogens is 459 g/mol. The second kappa shape index (κ2) is 12.0. The number of hydrogen-bond donors (Lipinski definition) is 3. The molecule has 3 N–H and O–H groups in total. The van der Waals surface area contributed by atoms with Gasteiger partial charge in [0.05, 0.1) is 18.3 Å². The molecule has 1 amide bonds. The summed E-state index contributed by atoms with van der Waals surface area (Å²) in [6.07, 6.45) is 2.90. The Morgan fingerprint density at radius 2 is 2.15 bits per heavy atom. The Balaban J connectivity index is 0.00000364. The van der Waals surface area contributed by atoms with Crippen LogP contribution in [0.25, 0.3) is 0 Å². The van der Waals surface area contributed by atoms with E-state index in [1.54, 1.807) is 7.05 Å². The summed E-state index contributed by atoms with van der Waals surface area (Å²) in [4.78, 5) is 15.9. The first-order valence-electron chi connectivity index (χ1n) is 9.42. The summed E-state index contributed by atoms with van der Waals surface area (Å²) in [6, 6.07) is 2.16. The van der Waals surface area contributed by atoms with E-state index in [9.17, 15) is 4.79 Å². The molecule has 27 heavy (non-hydrogen) atoms. The second-order valence-electron chi connectivity index (χ2n) is 6.69. The summed E-state index contributed by atoms with van der Waals surface area (Å²) < 4.78 is 7.01. The molecule has 0 aromatic carbocycles. The average molecular weight is 492 g/mol. The van der Waals surface area contributed by atoms with E-state index >= 15 is 0 Å². The normalized spacial score (nSPS) is 14.9. The highest BCUT2D eigenvalue weighted by Crippen LogP contribution is 2.32. The van der Waals surface area contributed by atoms with Gasteiger partial charge in [0.25, 0.3) is 0 Å². The zero-order valence-electron chi connectivity index (χ0n) is 16.7. The maximum absolute atomic E-state index is 11.7. The third-order valence-corrected chi connectivity index (χ3v) is 4.43. The van der Waals surface area contributed by atoms with Crippen LogP contribution in [0.3, 0.4) is 0 Å². The van der Waals surface area contributed by atoms with Gasteiger partial charge in [-0.15, -0.1) is 24.0 Å². The van der Waals surface area contributed by atoms with E-state index in [-0.39, 0.29) is 36.1 Å². The van der Waals surface area contributed by atoms with Gasteiger partial charge in [-0.3, -0.25) is 9.67 Å². The molecule has 1 fully saturated rings. The van der Waals surface area contributed by atoms with Gasteiger partial charge in [-0.25, -0.2) is 4.79 Å². The third kappa shape index (κ3) is 8.35. The lowest BCUT2D eigenvalue weighted by Crippen LogP contribution is -2.48. The van der Waals surface area contributed by atoms with Gasteiger partial charge in [-0.1, -0.05) is 0 Å². The number of rotatable bonds is 9. The Labute approximate surface area is 178 Å². The van der Waals surface area contributed by atoms with Crippen molar-refractivity contribution in [3.05, 3.63) is 17.5 Å². The molecule has 1 heterocycles. The molecule has 0 radical (unpaired) electrons. The maximum atomic E-state index is 11.7. The minimum absolute atomic E-state index is 0. The highest BCUT2D eigenvalue weighted by Gasteiger charge is 2.32. The number of aromatic nitrogens is 2. The Morgan fingerprint density at radius 1 is 1.41 bits per heavy atom. The summed E-state index contributed by atoms with van der Waals surface area (Å²) in [5.41, 5.74) is 2.23. The monoisotopic (exact) mass is 492 g/mol. The molecule has 0 bridgehead atoms. The summed E-state index contributed by atoms with van der Waals surface area (Å²) in [5, 5.41) is 14.0. The molecule has 2 rings (SSSR count). The van der Waals surface area contributed by atoms with Crippen LogP contribution in [-0.2, 0) is 11.3 Å². The number of carbonyl (C=O) groups is 1. The van der Waals surface area contributed by atoms with Gasteiger partial charge in [0.15, 0.2) is 5.96 Å². The number of carbonyl (C=O) groups excluding carboxylic acids is 1. The predicted molar refractivity (Wildman–Crippen MR) is 118 cm³/mol. The van der Waals surface area contributed by atoms with Crippen LogP contribution in [-0.4, -0.2) is 54.6 Å². The Morgan fingerprint density at radius 3 is 2.70 bits per heavy atom. The molecule has 1 saturated carbocycles. The van der Waals surface area contributed by atoms with Gasteiger partial charge >= 0.3 is 6.09 Å². The zero-order valence-corrected chi connectivity index (χ0v) is 19.1. The molecule has 1 aliphatic carbocycles. The molecule has 1 aromatic rings. The molecule has 1 unspecified atom stereocenters. The van der Waals surface area contributed by atoms with Crippen molar-refractivity contribution in [1.82, 2.24) is 25.7 Å². The van der Waals surface area contributed by atoms with Crippen LogP contribution in [0, 0.1) is 19.8 Å². The largest absolute Gasteiger partial charge is 0.450 e. The molecule has 0 saturated heterocycles. The van der Waals surface area contributed by atoms with Gasteiger partial charge in [-0.2, -0.15) is 5.10 Å². The Kier molecular flexibility index (Phi) is 10.5. The fourth-order valence-electron chi connectivity index (χ4n) is 2.92. The first kappa shape index (κ1) is 23.5. The lowest BCUT2D eigenvalue weighted by atomic mass is 10.2. The van der Waals surface area contributed by atoms with Crippen molar-refractivity contribution in [2.45, 2.75) is 52.6 Å².